The largest absolute Gasteiger partial charge is 0.508 e. The van der Waals surface area contributed by atoms with Gasteiger partial charge in [-0.2, -0.15) is 0 Å². The van der Waals surface area contributed by atoms with E-state index >= 15 is 0 Å². The molecule has 1 aliphatic heterocycles. The van der Waals surface area contributed by atoms with Gasteiger partial charge >= 0.3 is 0 Å². The summed E-state index contributed by atoms with van der Waals surface area (Å²) in [6.07, 6.45) is 0.927. The summed E-state index contributed by atoms with van der Waals surface area (Å²) < 4.78 is 6.51. The Morgan fingerprint density at radius 1 is 1.20 bits per heavy atom. The topological polar surface area (TPSA) is 41.5 Å². The molecule has 2 N–H and O–H groups in total. The van der Waals surface area contributed by atoms with E-state index in [1.165, 1.54) is 11.1 Å². The molecule has 0 radical (unpaired) electrons. The van der Waals surface area contributed by atoms with Crippen LogP contribution in [0, 0.1) is 0 Å². The molecular weight excluding hydrogens is 318 g/mol. The Bertz CT molecular complexity index is 642. The zero-order valence-electron chi connectivity index (χ0n) is 11.2. The lowest BCUT2D eigenvalue weighted by Gasteiger charge is -2.28. The molecule has 2 aromatic rings. The number of nitrogens with one attached hydrogen (secondary N) is 1. The van der Waals surface area contributed by atoms with Crippen molar-refractivity contribution in [3.63, 3.8) is 0 Å². The van der Waals surface area contributed by atoms with Gasteiger partial charge in [-0.05, 0) is 47.9 Å². The molecule has 0 fully saturated rings. The number of phenolic OH excluding ortho intramolecular Hbond substituents is 1. The van der Waals surface area contributed by atoms with Gasteiger partial charge in [-0.15, -0.1) is 0 Å². The highest BCUT2D eigenvalue weighted by Crippen LogP contribution is 2.36. The Morgan fingerprint density at radius 2 is 2.05 bits per heavy atom. The van der Waals surface area contributed by atoms with Crippen LogP contribution in [0.2, 0.25) is 0 Å². The highest BCUT2D eigenvalue weighted by atomic mass is 79.9. The number of benzene rings is 2. The van der Waals surface area contributed by atoms with E-state index in [4.69, 9.17) is 4.74 Å². The maximum atomic E-state index is 9.64. The molecule has 0 aliphatic carbocycles. The quantitative estimate of drug-likeness (QED) is 0.885. The molecule has 0 aromatic heterocycles. The van der Waals surface area contributed by atoms with Crippen LogP contribution in [0.1, 0.15) is 22.7 Å². The Balaban J connectivity index is 2.11. The summed E-state index contributed by atoms with van der Waals surface area (Å²) in [4.78, 5) is 0. The molecule has 1 atom stereocenters. The molecule has 0 unspecified atom stereocenters. The van der Waals surface area contributed by atoms with E-state index in [1.54, 1.807) is 13.2 Å². The van der Waals surface area contributed by atoms with Gasteiger partial charge in [0.25, 0.3) is 0 Å². The van der Waals surface area contributed by atoms with Crippen molar-refractivity contribution in [1.82, 2.24) is 5.32 Å². The predicted molar refractivity (Wildman–Crippen MR) is 82.4 cm³/mol. The minimum absolute atomic E-state index is 0.0896. The first-order chi connectivity index (χ1) is 9.69. The van der Waals surface area contributed by atoms with Crippen molar-refractivity contribution in [1.29, 1.82) is 0 Å². The van der Waals surface area contributed by atoms with Gasteiger partial charge < -0.3 is 15.2 Å². The third-order valence-electron chi connectivity index (χ3n) is 3.68. The molecule has 0 bridgehead atoms. The summed E-state index contributed by atoms with van der Waals surface area (Å²) in [6, 6.07) is 11.7. The first-order valence-corrected chi connectivity index (χ1v) is 7.37. The second-order valence-electron chi connectivity index (χ2n) is 4.91. The van der Waals surface area contributed by atoms with Crippen LogP contribution in [0.25, 0.3) is 0 Å². The van der Waals surface area contributed by atoms with Crippen LogP contribution >= 0.6 is 15.9 Å². The number of rotatable bonds is 2. The SMILES string of the molecule is COc1ccc(Br)cc1[C@@H]1NCCc2cc(O)ccc21. The average Bonchev–Trinajstić information content (AvgIpc) is 2.46. The lowest BCUT2D eigenvalue weighted by atomic mass is 9.89. The number of aromatic hydroxyl groups is 1. The standard InChI is InChI=1S/C16H16BrNO2/c1-20-15-5-2-11(17)9-14(15)16-13-4-3-12(19)8-10(13)6-7-18-16/h2-5,8-9,16,18-19H,6-7H2,1H3/t16-/m1/s1. The van der Waals surface area contributed by atoms with Crippen molar-refractivity contribution in [2.75, 3.05) is 13.7 Å². The van der Waals surface area contributed by atoms with Gasteiger partial charge in [0.2, 0.25) is 0 Å². The van der Waals surface area contributed by atoms with Gasteiger partial charge in [0.1, 0.15) is 11.5 Å². The maximum absolute atomic E-state index is 9.64. The summed E-state index contributed by atoms with van der Waals surface area (Å²) in [7, 11) is 1.69. The first-order valence-electron chi connectivity index (χ1n) is 6.57. The molecule has 0 spiro atoms. The molecule has 104 valence electrons. The molecule has 20 heavy (non-hydrogen) atoms. The van der Waals surface area contributed by atoms with Gasteiger partial charge in [0.05, 0.1) is 13.2 Å². The predicted octanol–water partition coefficient (Wildman–Crippen LogP) is 3.40. The summed E-state index contributed by atoms with van der Waals surface area (Å²) in [5.41, 5.74) is 3.50. The van der Waals surface area contributed by atoms with Crippen molar-refractivity contribution < 1.29 is 9.84 Å². The highest BCUT2D eigenvalue weighted by molar-refractivity contribution is 9.10. The monoisotopic (exact) mass is 333 g/mol. The van der Waals surface area contributed by atoms with Crippen LogP contribution in [-0.2, 0) is 6.42 Å². The molecule has 0 saturated heterocycles. The van der Waals surface area contributed by atoms with Crippen LogP contribution in [0.5, 0.6) is 11.5 Å². The highest BCUT2D eigenvalue weighted by Gasteiger charge is 2.24. The molecule has 1 aliphatic rings. The number of hydrogen-bond donors (Lipinski definition) is 2. The lowest BCUT2D eigenvalue weighted by molar-refractivity contribution is 0.402. The third kappa shape index (κ3) is 2.41. The first kappa shape index (κ1) is 13.5. The van der Waals surface area contributed by atoms with Crippen LogP contribution in [0.3, 0.4) is 0 Å². The Labute approximate surface area is 126 Å². The van der Waals surface area contributed by atoms with Crippen molar-refractivity contribution in [3.05, 3.63) is 57.6 Å². The van der Waals surface area contributed by atoms with E-state index < -0.39 is 0 Å². The fourth-order valence-corrected chi connectivity index (χ4v) is 3.14. The zero-order chi connectivity index (χ0) is 14.1. The minimum Gasteiger partial charge on any atom is -0.508 e. The van der Waals surface area contributed by atoms with Gasteiger partial charge in [0.15, 0.2) is 0 Å². The van der Waals surface area contributed by atoms with Gasteiger partial charge in [-0.25, -0.2) is 0 Å². The molecule has 1 heterocycles. The number of fused-ring (bicyclic) bond motifs is 1. The normalized spacial score (nSPS) is 17.6. The molecule has 3 rings (SSSR count). The number of methoxy groups -OCH3 is 1. The van der Waals surface area contributed by atoms with E-state index in [0.717, 1.165) is 28.8 Å². The Kier molecular flexibility index (Phi) is 3.68. The number of phenols is 1. The second-order valence-corrected chi connectivity index (χ2v) is 5.82. The van der Waals surface area contributed by atoms with E-state index in [-0.39, 0.29) is 6.04 Å². The van der Waals surface area contributed by atoms with Crippen molar-refractivity contribution in [2.24, 2.45) is 0 Å². The number of halogens is 1. The molecule has 3 nitrogen and oxygen atoms in total. The smallest absolute Gasteiger partial charge is 0.124 e. The van der Waals surface area contributed by atoms with Gasteiger partial charge in [0, 0.05) is 16.6 Å². The third-order valence-corrected chi connectivity index (χ3v) is 4.18. The van der Waals surface area contributed by atoms with Crippen molar-refractivity contribution in [3.8, 4) is 11.5 Å². The molecular formula is C16H16BrNO2. The van der Waals surface area contributed by atoms with Crippen LogP contribution in [-0.4, -0.2) is 18.8 Å². The van der Waals surface area contributed by atoms with E-state index in [0.29, 0.717) is 5.75 Å². The summed E-state index contributed by atoms with van der Waals surface area (Å²) >= 11 is 3.52. The van der Waals surface area contributed by atoms with Crippen molar-refractivity contribution >= 4 is 15.9 Å². The Hall–Kier alpha value is -1.52. The summed E-state index contributed by atoms with van der Waals surface area (Å²) in [5.74, 6) is 1.19. The van der Waals surface area contributed by atoms with E-state index in [2.05, 4.69) is 27.3 Å². The van der Waals surface area contributed by atoms with Crippen LogP contribution < -0.4 is 10.1 Å². The summed E-state index contributed by atoms with van der Waals surface area (Å²) in [6.45, 7) is 0.886. The maximum Gasteiger partial charge on any atom is 0.124 e. The minimum atomic E-state index is 0.0896. The second kappa shape index (κ2) is 5.46. The molecule has 0 saturated carbocycles. The molecule has 2 aromatic carbocycles. The molecule has 4 heteroatoms. The van der Waals surface area contributed by atoms with Gasteiger partial charge in [-0.1, -0.05) is 22.0 Å². The van der Waals surface area contributed by atoms with E-state index in [9.17, 15) is 5.11 Å². The van der Waals surface area contributed by atoms with Crippen LogP contribution in [0.15, 0.2) is 40.9 Å². The zero-order valence-corrected chi connectivity index (χ0v) is 12.8. The lowest BCUT2D eigenvalue weighted by Crippen LogP contribution is -2.30. The number of ether oxygens (including phenoxy) is 1. The van der Waals surface area contributed by atoms with E-state index in [1.807, 2.05) is 24.3 Å². The van der Waals surface area contributed by atoms with Crippen LogP contribution in [0.4, 0.5) is 0 Å². The Morgan fingerprint density at radius 3 is 2.85 bits per heavy atom. The fraction of sp³-hybridized carbons (Fsp3) is 0.250. The summed E-state index contributed by atoms with van der Waals surface area (Å²) in [5, 5.41) is 13.2. The number of hydrogen-bond acceptors (Lipinski definition) is 3. The van der Waals surface area contributed by atoms with Crippen molar-refractivity contribution in [2.45, 2.75) is 12.5 Å². The average molecular weight is 334 g/mol. The molecule has 0 amide bonds. The fourth-order valence-electron chi connectivity index (χ4n) is 2.76. The van der Waals surface area contributed by atoms with Gasteiger partial charge in [-0.3, -0.25) is 0 Å².